The Morgan fingerprint density at radius 2 is 1.68 bits per heavy atom. The summed E-state index contributed by atoms with van der Waals surface area (Å²) in [6, 6.07) is 23.2. The Hall–Kier alpha value is -3.46. The van der Waals surface area contributed by atoms with E-state index >= 15 is 0 Å². The summed E-state index contributed by atoms with van der Waals surface area (Å²) in [5, 5.41) is 9.85. The molecule has 0 spiro atoms. The molecule has 1 N–H and O–H groups in total. The number of likely N-dealkylation sites (N-methyl/N-ethyl adjacent to an activating group) is 1. The van der Waals surface area contributed by atoms with Crippen LogP contribution in [0.4, 0.5) is 0 Å². The highest BCUT2D eigenvalue weighted by atomic mass is 32.2. The van der Waals surface area contributed by atoms with Crippen LogP contribution >= 0.6 is 0 Å². The third kappa shape index (κ3) is 6.15. The monoisotopic (exact) mass is 534 g/mol. The predicted octanol–water partition coefficient (Wildman–Crippen LogP) is 4.40. The third-order valence-corrected chi connectivity index (χ3v) is 8.80. The lowest BCUT2D eigenvalue weighted by Crippen LogP contribution is -2.50. The number of hydrogen-bond donors (Lipinski definition) is 1. The van der Waals surface area contributed by atoms with Crippen LogP contribution in [0.2, 0.25) is 0 Å². The number of carbonyl (C=O) groups excluding carboxylic acids is 1. The van der Waals surface area contributed by atoms with Gasteiger partial charge in [0, 0.05) is 31.1 Å². The molecule has 0 bridgehead atoms. The highest BCUT2D eigenvalue weighted by molar-refractivity contribution is 7.89. The number of carbonyl (C=O) groups is 1. The first-order valence-corrected chi connectivity index (χ1v) is 14.1. The van der Waals surface area contributed by atoms with E-state index in [-0.39, 0.29) is 42.2 Å². The second kappa shape index (κ2) is 11.9. The lowest BCUT2D eigenvalue weighted by atomic mass is 10.0. The zero-order valence-electron chi connectivity index (χ0n) is 21.9. The second-order valence-electron chi connectivity index (χ2n) is 9.74. The summed E-state index contributed by atoms with van der Waals surface area (Å²) in [5.74, 6) is -0.176. The molecule has 1 heterocycles. The van der Waals surface area contributed by atoms with Crippen molar-refractivity contribution in [2.24, 2.45) is 5.92 Å². The fourth-order valence-electron chi connectivity index (χ4n) is 4.47. The molecule has 38 heavy (non-hydrogen) atoms. The van der Waals surface area contributed by atoms with Gasteiger partial charge < -0.3 is 14.7 Å². The van der Waals surface area contributed by atoms with Crippen molar-refractivity contribution >= 4 is 28.1 Å². The lowest BCUT2D eigenvalue weighted by Gasteiger charge is -2.37. The topological polar surface area (TPSA) is 87.2 Å². The van der Waals surface area contributed by atoms with E-state index in [1.54, 1.807) is 49.2 Å². The van der Waals surface area contributed by atoms with Crippen molar-refractivity contribution in [2.45, 2.75) is 30.9 Å². The zero-order chi connectivity index (χ0) is 27.3. The van der Waals surface area contributed by atoms with Crippen molar-refractivity contribution in [1.29, 1.82) is 0 Å². The molecule has 8 heteroatoms. The summed E-state index contributed by atoms with van der Waals surface area (Å²) in [6.45, 7) is 3.69. The summed E-state index contributed by atoms with van der Waals surface area (Å²) in [6.07, 6.45) is 3.37. The lowest BCUT2D eigenvalue weighted by molar-refractivity contribution is 0.0563. The quantitative estimate of drug-likeness (QED) is 0.454. The molecule has 4 rings (SSSR count). The van der Waals surface area contributed by atoms with E-state index in [0.717, 1.165) is 11.1 Å². The Balaban J connectivity index is 1.70. The third-order valence-electron chi connectivity index (χ3n) is 6.78. The number of fused-ring (bicyclic) bond motifs is 1. The van der Waals surface area contributed by atoms with Crippen molar-refractivity contribution in [2.75, 3.05) is 26.7 Å². The van der Waals surface area contributed by atoms with Gasteiger partial charge in [-0.05, 0) is 42.3 Å². The van der Waals surface area contributed by atoms with E-state index in [9.17, 15) is 18.3 Å². The van der Waals surface area contributed by atoms with Gasteiger partial charge in [-0.1, -0.05) is 73.7 Å². The van der Waals surface area contributed by atoms with Crippen LogP contribution in [0.1, 0.15) is 35.3 Å². The van der Waals surface area contributed by atoms with Crippen LogP contribution in [0.15, 0.2) is 83.8 Å². The minimum atomic E-state index is -3.94. The molecule has 3 aromatic rings. The van der Waals surface area contributed by atoms with E-state index in [1.807, 2.05) is 67.6 Å². The molecule has 3 atom stereocenters. The van der Waals surface area contributed by atoms with Gasteiger partial charge in [0.2, 0.25) is 10.0 Å². The standard InChI is InChI=1S/C30H34N2O5S/c1-22-19-32(23(2)21-33)38(35,36)29-17-16-25(15-14-24-10-6-4-7-11-24)18-27(29)37-28(22)20-31(3)30(34)26-12-8-5-9-13-26/h4-18,22-23,28,33H,19-21H2,1-3H3/b15-14+/t22-,23+,28-/m0/s1. The summed E-state index contributed by atoms with van der Waals surface area (Å²) in [5.41, 5.74) is 2.37. The molecule has 200 valence electrons. The normalized spacial score (nSPS) is 20.1. The van der Waals surface area contributed by atoms with Gasteiger partial charge in [-0.2, -0.15) is 4.31 Å². The average Bonchev–Trinajstić information content (AvgIpc) is 2.93. The second-order valence-corrected chi connectivity index (χ2v) is 11.6. The van der Waals surface area contributed by atoms with Crippen LogP contribution in [0, 0.1) is 5.92 Å². The summed E-state index contributed by atoms with van der Waals surface area (Å²) >= 11 is 0. The van der Waals surface area contributed by atoms with Crippen molar-refractivity contribution < 1.29 is 23.1 Å². The Morgan fingerprint density at radius 3 is 2.34 bits per heavy atom. The summed E-state index contributed by atoms with van der Waals surface area (Å²) in [4.78, 5) is 14.7. The molecule has 1 amide bonds. The van der Waals surface area contributed by atoms with Gasteiger partial charge in [0.15, 0.2) is 0 Å². The number of aliphatic hydroxyl groups excluding tert-OH is 1. The van der Waals surface area contributed by atoms with Crippen LogP contribution in [-0.2, 0) is 10.0 Å². The number of aliphatic hydroxyl groups is 1. The zero-order valence-corrected chi connectivity index (χ0v) is 22.7. The molecule has 3 aromatic carbocycles. The number of benzene rings is 3. The van der Waals surface area contributed by atoms with Crippen molar-refractivity contribution in [3.05, 3.63) is 95.6 Å². The maximum Gasteiger partial charge on any atom is 0.253 e. The smallest absolute Gasteiger partial charge is 0.253 e. The molecule has 0 aliphatic carbocycles. The molecule has 1 aliphatic heterocycles. The first-order valence-electron chi connectivity index (χ1n) is 12.7. The van der Waals surface area contributed by atoms with Gasteiger partial charge in [0.05, 0.1) is 13.2 Å². The molecule has 0 unspecified atom stereocenters. The first kappa shape index (κ1) is 27.6. The van der Waals surface area contributed by atoms with Crippen LogP contribution < -0.4 is 4.74 Å². The SMILES string of the molecule is C[C@H](CO)N1C[C@H](C)[C@H](CN(C)C(=O)c2ccccc2)Oc2cc(/C=C/c3ccccc3)ccc2S1(=O)=O. The van der Waals surface area contributed by atoms with E-state index in [1.165, 1.54) is 4.31 Å². The molecular formula is C30H34N2O5S. The summed E-state index contributed by atoms with van der Waals surface area (Å²) < 4.78 is 35.1. The average molecular weight is 535 g/mol. The van der Waals surface area contributed by atoms with Gasteiger partial charge in [0.25, 0.3) is 5.91 Å². The fourth-order valence-corrected chi connectivity index (χ4v) is 6.30. The summed E-state index contributed by atoms with van der Waals surface area (Å²) in [7, 11) is -2.22. The molecule has 0 fully saturated rings. The molecular weight excluding hydrogens is 500 g/mol. The molecule has 1 aliphatic rings. The number of amides is 1. The minimum Gasteiger partial charge on any atom is -0.487 e. The highest BCUT2D eigenvalue weighted by Gasteiger charge is 2.38. The van der Waals surface area contributed by atoms with Gasteiger partial charge in [-0.3, -0.25) is 4.79 Å². The van der Waals surface area contributed by atoms with Gasteiger partial charge >= 0.3 is 0 Å². The Morgan fingerprint density at radius 1 is 1.05 bits per heavy atom. The number of nitrogens with zero attached hydrogens (tertiary/aromatic N) is 2. The first-order chi connectivity index (χ1) is 18.2. The van der Waals surface area contributed by atoms with Crippen molar-refractivity contribution in [3.63, 3.8) is 0 Å². The van der Waals surface area contributed by atoms with Crippen LogP contribution in [0.25, 0.3) is 12.2 Å². The van der Waals surface area contributed by atoms with Crippen LogP contribution in [0.3, 0.4) is 0 Å². The minimum absolute atomic E-state index is 0.0450. The Kier molecular flexibility index (Phi) is 8.66. The van der Waals surface area contributed by atoms with Crippen molar-refractivity contribution in [1.82, 2.24) is 9.21 Å². The van der Waals surface area contributed by atoms with E-state index in [2.05, 4.69) is 0 Å². The number of rotatable bonds is 7. The predicted molar refractivity (Wildman–Crippen MR) is 149 cm³/mol. The van der Waals surface area contributed by atoms with Gasteiger partial charge in [0.1, 0.15) is 16.7 Å². The van der Waals surface area contributed by atoms with Gasteiger partial charge in [-0.25, -0.2) is 8.42 Å². The largest absolute Gasteiger partial charge is 0.487 e. The van der Waals surface area contributed by atoms with E-state index < -0.39 is 22.2 Å². The van der Waals surface area contributed by atoms with Crippen LogP contribution in [-0.4, -0.2) is 67.5 Å². The number of hydrogen-bond acceptors (Lipinski definition) is 5. The molecule has 0 saturated carbocycles. The highest BCUT2D eigenvalue weighted by Crippen LogP contribution is 2.34. The molecule has 7 nitrogen and oxygen atoms in total. The van der Waals surface area contributed by atoms with E-state index in [0.29, 0.717) is 5.56 Å². The molecule has 0 saturated heterocycles. The van der Waals surface area contributed by atoms with E-state index in [4.69, 9.17) is 4.74 Å². The maximum absolute atomic E-state index is 13.7. The number of ether oxygens (including phenoxy) is 1. The van der Waals surface area contributed by atoms with Crippen LogP contribution in [0.5, 0.6) is 5.75 Å². The Bertz CT molecular complexity index is 1380. The number of sulfonamides is 1. The molecule has 0 aromatic heterocycles. The fraction of sp³-hybridized carbons (Fsp3) is 0.300. The molecule has 0 radical (unpaired) electrons. The Labute approximate surface area is 225 Å². The maximum atomic E-state index is 13.7. The van der Waals surface area contributed by atoms with Crippen molar-refractivity contribution in [3.8, 4) is 5.75 Å². The van der Waals surface area contributed by atoms with Gasteiger partial charge in [-0.15, -0.1) is 0 Å².